The number of fused-ring (bicyclic) bond motifs is 2. The van der Waals surface area contributed by atoms with E-state index in [-0.39, 0.29) is 5.41 Å². The van der Waals surface area contributed by atoms with Crippen molar-refractivity contribution in [2.75, 3.05) is 0 Å². The minimum Gasteiger partial charge on any atom is -0.0679 e. The van der Waals surface area contributed by atoms with Crippen LogP contribution in [0.1, 0.15) is 79.4 Å². The SMILES string of the molecule is CC1=Cc2c(-c3ccccc3)cccc2C1[Si](C)(C)C1C(C2CC2)=Cc2c(-c3ccc(C(C)(C)C)cc3)cccc21. The van der Waals surface area contributed by atoms with Crippen LogP contribution in [0.25, 0.3) is 34.4 Å². The van der Waals surface area contributed by atoms with E-state index in [1.807, 2.05) is 0 Å². The molecule has 3 aliphatic carbocycles. The van der Waals surface area contributed by atoms with Gasteiger partial charge >= 0.3 is 0 Å². The number of rotatable bonds is 5. The lowest BCUT2D eigenvalue weighted by Gasteiger charge is -2.40. The van der Waals surface area contributed by atoms with Gasteiger partial charge in [0.1, 0.15) is 0 Å². The smallest absolute Gasteiger partial charge is 0.0679 e. The molecule has 0 aromatic heterocycles. The molecule has 3 aliphatic rings. The molecule has 4 aromatic carbocycles. The van der Waals surface area contributed by atoms with Gasteiger partial charge in [0.25, 0.3) is 0 Å². The van der Waals surface area contributed by atoms with Crippen molar-refractivity contribution >= 4 is 20.2 Å². The van der Waals surface area contributed by atoms with Crippen LogP contribution >= 0.6 is 0 Å². The van der Waals surface area contributed by atoms with E-state index in [1.54, 1.807) is 22.3 Å². The highest BCUT2D eigenvalue weighted by Crippen LogP contribution is 2.58. The summed E-state index contributed by atoms with van der Waals surface area (Å²) in [5.74, 6) is 0.760. The Morgan fingerprint density at radius 3 is 1.76 bits per heavy atom. The van der Waals surface area contributed by atoms with Crippen LogP contribution in [-0.2, 0) is 5.41 Å². The van der Waals surface area contributed by atoms with Crippen LogP contribution < -0.4 is 0 Å². The zero-order valence-electron chi connectivity index (χ0n) is 25.5. The fourth-order valence-corrected chi connectivity index (χ4v) is 12.9. The van der Waals surface area contributed by atoms with Gasteiger partial charge in [0, 0.05) is 11.1 Å². The van der Waals surface area contributed by atoms with Crippen LogP contribution in [0.4, 0.5) is 0 Å². The van der Waals surface area contributed by atoms with Crippen molar-refractivity contribution in [1.29, 1.82) is 0 Å². The zero-order chi connectivity index (χ0) is 28.5. The minimum atomic E-state index is -1.91. The third-order valence-electron chi connectivity index (χ3n) is 10.1. The Morgan fingerprint density at radius 2 is 1.17 bits per heavy atom. The maximum atomic E-state index is 2.68. The lowest BCUT2D eigenvalue weighted by molar-refractivity contribution is 0.590. The van der Waals surface area contributed by atoms with Gasteiger partial charge in [-0.2, -0.15) is 0 Å². The molecule has 206 valence electrons. The summed E-state index contributed by atoms with van der Waals surface area (Å²) in [6.45, 7) is 14.7. The number of hydrogen-bond acceptors (Lipinski definition) is 0. The molecular formula is C40H42Si. The molecule has 0 amide bonds. The standard InChI is InChI=1S/C40H42Si/c1-26-24-36-31(27-12-8-7-9-13-27)14-10-16-33(36)38(26)41(5,6)39-34-17-11-15-32(37(34)25-35(39)29-18-19-29)28-20-22-30(23-21-28)40(2,3)4/h7-17,20-25,29,38-39H,18-19H2,1-6H3. The molecule has 1 saturated carbocycles. The molecular weight excluding hydrogens is 509 g/mol. The normalized spacial score (nSPS) is 20.0. The van der Waals surface area contributed by atoms with Crippen LogP contribution in [0.5, 0.6) is 0 Å². The molecule has 4 aromatic rings. The first-order chi connectivity index (χ1) is 19.6. The average molecular weight is 551 g/mol. The second-order valence-corrected chi connectivity index (χ2v) is 19.1. The summed E-state index contributed by atoms with van der Waals surface area (Å²) in [5.41, 5.74) is 17.4. The molecule has 2 atom stereocenters. The summed E-state index contributed by atoms with van der Waals surface area (Å²) in [6, 6.07) is 34.5. The molecule has 0 heterocycles. The number of allylic oxidation sites excluding steroid dienone is 2. The molecule has 0 aliphatic heterocycles. The predicted octanol–water partition coefficient (Wildman–Crippen LogP) is 11.2. The van der Waals surface area contributed by atoms with Crippen LogP contribution in [0, 0.1) is 5.92 Å². The maximum Gasteiger partial charge on any atom is 0.0722 e. The van der Waals surface area contributed by atoms with E-state index < -0.39 is 8.07 Å². The molecule has 2 unspecified atom stereocenters. The van der Waals surface area contributed by atoms with Crippen LogP contribution in [0.3, 0.4) is 0 Å². The lowest BCUT2D eigenvalue weighted by atomic mass is 9.86. The minimum absolute atomic E-state index is 0.167. The first-order valence-corrected chi connectivity index (χ1v) is 18.6. The van der Waals surface area contributed by atoms with Crippen molar-refractivity contribution in [2.24, 2.45) is 5.92 Å². The zero-order valence-corrected chi connectivity index (χ0v) is 26.5. The van der Waals surface area contributed by atoms with Crippen LogP contribution in [0.15, 0.2) is 102 Å². The van der Waals surface area contributed by atoms with Gasteiger partial charge in [-0.05, 0) is 81.2 Å². The van der Waals surface area contributed by atoms with Crippen molar-refractivity contribution < 1.29 is 0 Å². The van der Waals surface area contributed by atoms with E-state index in [2.05, 4.69) is 144 Å². The van der Waals surface area contributed by atoms with E-state index in [0.29, 0.717) is 11.1 Å². The molecule has 1 heteroatoms. The van der Waals surface area contributed by atoms with Crippen molar-refractivity contribution in [2.45, 2.75) is 70.1 Å². The molecule has 0 bridgehead atoms. The largest absolute Gasteiger partial charge is 0.0722 e. The summed E-state index contributed by atoms with van der Waals surface area (Å²) in [6.07, 6.45) is 7.85. The number of hydrogen-bond donors (Lipinski definition) is 0. The molecule has 7 rings (SSSR count). The first kappa shape index (κ1) is 26.5. The lowest BCUT2D eigenvalue weighted by Crippen LogP contribution is -2.42. The molecule has 0 N–H and O–H groups in total. The van der Waals surface area contributed by atoms with E-state index >= 15 is 0 Å². The van der Waals surface area contributed by atoms with Gasteiger partial charge in [-0.3, -0.25) is 0 Å². The molecule has 0 nitrogen and oxygen atoms in total. The van der Waals surface area contributed by atoms with E-state index in [0.717, 1.165) is 5.92 Å². The van der Waals surface area contributed by atoms with Crippen LogP contribution in [0.2, 0.25) is 13.1 Å². The summed E-state index contributed by atoms with van der Waals surface area (Å²) >= 11 is 0. The van der Waals surface area contributed by atoms with Gasteiger partial charge in [0.05, 0.1) is 8.07 Å². The fourth-order valence-electron chi connectivity index (χ4n) is 8.00. The quantitative estimate of drug-likeness (QED) is 0.217. The Morgan fingerprint density at radius 1 is 0.610 bits per heavy atom. The van der Waals surface area contributed by atoms with Crippen molar-refractivity contribution in [1.82, 2.24) is 0 Å². The second kappa shape index (κ2) is 9.56. The highest BCUT2D eigenvalue weighted by molar-refractivity contribution is 6.81. The number of benzene rings is 4. The molecule has 0 radical (unpaired) electrons. The van der Waals surface area contributed by atoms with Gasteiger partial charge in [-0.15, -0.1) is 0 Å². The second-order valence-electron chi connectivity index (χ2n) is 14.3. The average Bonchev–Trinajstić information content (AvgIpc) is 3.63. The van der Waals surface area contributed by atoms with Gasteiger partial charge in [0.2, 0.25) is 0 Å². The molecule has 41 heavy (non-hydrogen) atoms. The van der Waals surface area contributed by atoms with Gasteiger partial charge in [-0.1, -0.05) is 148 Å². The van der Waals surface area contributed by atoms with E-state index in [1.165, 1.54) is 51.8 Å². The Kier molecular flexibility index (Phi) is 6.18. The highest BCUT2D eigenvalue weighted by Gasteiger charge is 2.50. The Hall–Kier alpha value is -3.42. The van der Waals surface area contributed by atoms with Gasteiger partial charge < -0.3 is 0 Å². The Labute approximate surface area is 247 Å². The predicted molar refractivity (Wildman–Crippen MR) is 180 cm³/mol. The summed E-state index contributed by atoms with van der Waals surface area (Å²) in [4.78, 5) is 0. The molecule has 1 fully saturated rings. The van der Waals surface area contributed by atoms with E-state index in [9.17, 15) is 0 Å². The summed E-state index contributed by atoms with van der Waals surface area (Å²) < 4.78 is 0. The van der Waals surface area contributed by atoms with Crippen molar-refractivity contribution in [3.8, 4) is 22.3 Å². The third kappa shape index (κ3) is 4.41. The van der Waals surface area contributed by atoms with E-state index in [4.69, 9.17) is 0 Å². The maximum absolute atomic E-state index is 2.68. The van der Waals surface area contributed by atoms with Crippen molar-refractivity contribution in [3.63, 3.8) is 0 Å². The van der Waals surface area contributed by atoms with Gasteiger partial charge in [-0.25, -0.2) is 0 Å². The third-order valence-corrected chi connectivity index (χ3v) is 14.4. The van der Waals surface area contributed by atoms with Crippen LogP contribution in [-0.4, -0.2) is 8.07 Å². The molecule has 0 spiro atoms. The Bertz CT molecular complexity index is 1690. The van der Waals surface area contributed by atoms with Gasteiger partial charge in [0.15, 0.2) is 0 Å². The fraction of sp³-hybridized carbons (Fsp3) is 0.300. The topological polar surface area (TPSA) is 0 Å². The van der Waals surface area contributed by atoms with Crippen molar-refractivity contribution in [3.05, 3.63) is 130 Å². The Balaban J connectivity index is 1.32. The monoisotopic (exact) mass is 550 g/mol. The molecule has 0 saturated heterocycles. The summed E-state index contributed by atoms with van der Waals surface area (Å²) in [5, 5.41) is 0. The first-order valence-electron chi connectivity index (χ1n) is 15.5. The summed E-state index contributed by atoms with van der Waals surface area (Å²) in [7, 11) is -1.91. The highest BCUT2D eigenvalue weighted by atomic mass is 28.3.